The molecule has 1 amide bonds. The first-order valence-electron chi connectivity index (χ1n) is 6.70. The van der Waals surface area contributed by atoms with Gasteiger partial charge in [0.15, 0.2) is 5.78 Å². The maximum Gasteiger partial charge on any atom is 0.242 e. The Morgan fingerprint density at radius 2 is 1.68 bits per heavy atom. The van der Waals surface area contributed by atoms with Gasteiger partial charge in [0.25, 0.3) is 0 Å². The summed E-state index contributed by atoms with van der Waals surface area (Å²) in [4.78, 5) is 23.5. The Balaban J connectivity index is 1.77. The Hall–Kier alpha value is -2.59. The molecular weight excluding hydrogens is 300 g/mol. The Kier molecular flexibility index (Phi) is 5.74. The molecule has 0 radical (unpaired) electrons. The first kappa shape index (κ1) is 15.8. The van der Waals surface area contributed by atoms with E-state index in [1.54, 1.807) is 24.3 Å². The molecular formula is C17H15ClN2O2. The molecule has 22 heavy (non-hydrogen) atoms. The molecule has 0 atom stereocenters. The summed E-state index contributed by atoms with van der Waals surface area (Å²) < 4.78 is 0. The van der Waals surface area contributed by atoms with Gasteiger partial charge in [-0.15, -0.1) is 0 Å². The second-order valence-corrected chi connectivity index (χ2v) is 5.00. The predicted molar refractivity (Wildman–Crippen MR) is 86.3 cm³/mol. The average Bonchev–Trinajstić information content (AvgIpc) is 2.53. The summed E-state index contributed by atoms with van der Waals surface area (Å²) in [5.41, 5.74) is 6.53. The lowest BCUT2D eigenvalue weighted by Gasteiger charge is -2.04. The third-order valence-corrected chi connectivity index (χ3v) is 3.12. The Labute approximate surface area is 133 Å². The number of hydrogen-bond donors (Lipinski definition) is 2. The van der Waals surface area contributed by atoms with Crippen molar-refractivity contribution < 1.29 is 9.59 Å². The number of benzene rings is 2. The van der Waals surface area contributed by atoms with Crippen molar-refractivity contribution in [3.8, 4) is 0 Å². The predicted octanol–water partition coefficient (Wildman–Crippen LogP) is 2.90. The monoisotopic (exact) mass is 314 g/mol. The minimum absolute atomic E-state index is 0.179. The molecule has 0 fully saturated rings. The zero-order valence-corrected chi connectivity index (χ0v) is 12.5. The standard InChI is InChI=1S/C17H15ClN2O2/c18-15-8-6-14(7-9-15)16(21)10-11-19-20-17(22)12-13-4-2-1-3-5-13/h1-11,19H,12H2,(H,20,22)/b11-10+. The number of nitrogens with one attached hydrogen (secondary N) is 2. The summed E-state index contributed by atoms with van der Waals surface area (Å²) in [5.74, 6) is -0.365. The maximum absolute atomic E-state index is 11.8. The normalized spacial score (nSPS) is 10.4. The molecule has 0 spiro atoms. The summed E-state index contributed by atoms with van der Waals surface area (Å²) in [6, 6.07) is 16.0. The minimum atomic E-state index is -0.185. The third kappa shape index (κ3) is 5.07. The van der Waals surface area contributed by atoms with Crippen LogP contribution in [-0.2, 0) is 11.2 Å². The molecule has 0 heterocycles. The maximum atomic E-state index is 11.8. The van der Waals surface area contributed by atoms with Gasteiger partial charge in [0, 0.05) is 22.9 Å². The molecule has 0 unspecified atom stereocenters. The number of amides is 1. The lowest BCUT2D eigenvalue weighted by Crippen LogP contribution is -2.34. The van der Waals surface area contributed by atoms with Gasteiger partial charge < -0.3 is 5.43 Å². The molecule has 112 valence electrons. The van der Waals surface area contributed by atoms with Crippen LogP contribution in [0.25, 0.3) is 0 Å². The Morgan fingerprint density at radius 3 is 2.36 bits per heavy atom. The summed E-state index contributed by atoms with van der Waals surface area (Å²) in [7, 11) is 0. The van der Waals surface area contributed by atoms with Crippen molar-refractivity contribution in [3.05, 3.63) is 83.0 Å². The largest absolute Gasteiger partial charge is 0.306 e. The highest BCUT2D eigenvalue weighted by Crippen LogP contribution is 2.10. The third-order valence-electron chi connectivity index (χ3n) is 2.87. The quantitative estimate of drug-likeness (QED) is 0.490. The van der Waals surface area contributed by atoms with Crippen LogP contribution >= 0.6 is 11.6 Å². The molecule has 0 aliphatic heterocycles. The summed E-state index contributed by atoms with van der Waals surface area (Å²) in [5, 5.41) is 0.576. The molecule has 2 N–H and O–H groups in total. The fourth-order valence-electron chi connectivity index (χ4n) is 1.78. The zero-order valence-electron chi connectivity index (χ0n) is 11.8. The van der Waals surface area contributed by atoms with Gasteiger partial charge >= 0.3 is 0 Å². The van der Waals surface area contributed by atoms with Crippen LogP contribution in [0, 0.1) is 0 Å². The van der Waals surface area contributed by atoms with E-state index in [0.717, 1.165) is 5.56 Å². The lowest BCUT2D eigenvalue weighted by molar-refractivity contribution is -0.121. The van der Waals surface area contributed by atoms with Crippen LogP contribution in [-0.4, -0.2) is 11.7 Å². The zero-order chi connectivity index (χ0) is 15.8. The first-order chi connectivity index (χ1) is 10.6. The highest BCUT2D eigenvalue weighted by molar-refractivity contribution is 6.30. The summed E-state index contributed by atoms with van der Waals surface area (Å²) in [6.45, 7) is 0. The van der Waals surface area contributed by atoms with Crippen LogP contribution < -0.4 is 10.9 Å². The van der Waals surface area contributed by atoms with Gasteiger partial charge in [-0.05, 0) is 29.8 Å². The van der Waals surface area contributed by atoms with Gasteiger partial charge in [0.05, 0.1) is 6.42 Å². The van der Waals surface area contributed by atoms with E-state index in [1.807, 2.05) is 30.3 Å². The van der Waals surface area contributed by atoms with E-state index in [2.05, 4.69) is 10.9 Å². The highest BCUT2D eigenvalue weighted by Gasteiger charge is 2.02. The van der Waals surface area contributed by atoms with Crippen molar-refractivity contribution >= 4 is 23.3 Å². The topological polar surface area (TPSA) is 58.2 Å². The number of ketones is 1. The summed E-state index contributed by atoms with van der Waals surface area (Å²) in [6.07, 6.45) is 3.00. The Morgan fingerprint density at radius 1 is 1.00 bits per heavy atom. The first-order valence-corrected chi connectivity index (χ1v) is 7.08. The van der Waals surface area contributed by atoms with Crippen molar-refractivity contribution in [2.75, 3.05) is 0 Å². The van der Waals surface area contributed by atoms with Crippen molar-refractivity contribution in [2.45, 2.75) is 6.42 Å². The number of carbonyl (C=O) groups is 2. The van der Waals surface area contributed by atoms with Gasteiger partial charge in [-0.25, -0.2) is 0 Å². The van der Waals surface area contributed by atoms with Crippen molar-refractivity contribution in [1.82, 2.24) is 10.9 Å². The molecule has 2 rings (SSSR count). The molecule has 2 aromatic rings. The van der Waals surface area contributed by atoms with E-state index in [4.69, 9.17) is 11.6 Å². The van der Waals surface area contributed by atoms with E-state index in [1.165, 1.54) is 12.3 Å². The molecule has 2 aromatic carbocycles. The van der Waals surface area contributed by atoms with Crippen molar-refractivity contribution in [1.29, 1.82) is 0 Å². The number of allylic oxidation sites excluding steroid dienone is 1. The minimum Gasteiger partial charge on any atom is -0.306 e. The van der Waals surface area contributed by atoms with E-state index >= 15 is 0 Å². The van der Waals surface area contributed by atoms with E-state index in [0.29, 0.717) is 10.6 Å². The van der Waals surface area contributed by atoms with E-state index in [9.17, 15) is 9.59 Å². The van der Waals surface area contributed by atoms with E-state index < -0.39 is 0 Å². The fourth-order valence-corrected chi connectivity index (χ4v) is 1.90. The molecule has 0 aromatic heterocycles. The van der Waals surface area contributed by atoms with Gasteiger partial charge in [0.2, 0.25) is 5.91 Å². The highest BCUT2D eigenvalue weighted by atomic mass is 35.5. The smallest absolute Gasteiger partial charge is 0.242 e. The van der Waals surface area contributed by atoms with Crippen LogP contribution in [0.3, 0.4) is 0 Å². The fraction of sp³-hybridized carbons (Fsp3) is 0.0588. The SMILES string of the molecule is O=C(Cc1ccccc1)NN/C=C/C(=O)c1ccc(Cl)cc1. The number of hydrazine groups is 1. The van der Waals surface area contributed by atoms with Crippen molar-refractivity contribution in [3.63, 3.8) is 0 Å². The van der Waals surface area contributed by atoms with Gasteiger partial charge in [0.1, 0.15) is 0 Å². The van der Waals surface area contributed by atoms with Gasteiger partial charge in [-0.3, -0.25) is 15.0 Å². The van der Waals surface area contributed by atoms with Crippen LogP contribution in [0.15, 0.2) is 66.9 Å². The number of halogens is 1. The molecule has 5 heteroatoms. The number of carbonyl (C=O) groups excluding carboxylic acids is 2. The number of rotatable bonds is 6. The van der Waals surface area contributed by atoms with Crippen LogP contribution in [0.1, 0.15) is 15.9 Å². The van der Waals surface area contributed by atoms with Gasteiger partial charge in [-0.2, -0.15) is 0 Å². The van der Waals surface area contributed by atoms with Crippen LogP contribution in [0.5, 0.6) is 0 Å². The van der Waals surface area contributed by atoms with E-state index in [-0.39, 0.29) is 18.1 Å². The molecule has 0 aliphatic carbocycles. The van der Waals surface area contributed by atoms with Crippen LogP contribution in [0.4, 0.5) is 0 Å². The molecule has 0 aliphatic rings. The number of hydrogen-bond acceptors (Lipinski definition) is 3. The molecule has 0 bridgehead atoms. The molecule has 0 saturated heterocycles. The second-order valence-electron chi connectivity index (χ2n) is 4.56. The molecule has 4 nitrogen and oxygen atoms in total. The Bertz CT molecular complexity index is 667. The van der Waals surface area contributed by atoms with Gasteiger partial charge in [-0.1, -0.05) is 41.9 Å². The summed E-state index contributed by atoms with van der Waals surface area (Å²) >= 11 is 5.76. The lowest BCUT2D eigenvalue weighted by atomic mass is 10.1. The average molecular weight is 315 g/mol. The second kappa shape index (κ2) is 8.00. The van der Waals surface area contributed by atoms with Crippen molar-refractivity contribution in [2.24, 2.45) is 0 Å². The van der Waals surface area contributed by atoms with Crippen LogP contribution in [0.2, 0.25) is 5.02 Å². The molecule has 0 saturated carbocycles.